The van der Waals surface area contributed by atoms with Crippen LogP contribution in [0, 0.1) is 5.41 Å². The average molecular weight is 495 g/mol. The van der Waals surface area contributed by atoms with Crippen LogP contribution >= 0.6 is 11.6 Å². The van der Waals surface area contributed by atoms with Gasteiger partial charge in [-0.1, -0.05) is 17.7 Å². The largest absolute Gasteiger partial charge is 0.479 e. The third-order valence-electron chi connectivity index (χ3n) is 7.23. The number of aromatic nitrogens is 3. The minimum absolute atomic E-state index is 0.238. The number of rotatable bonds is 7. The molecule has 0 aromatic carbocycles. The number of hydrogen-bond acceptors (Lipinski definition) is 7. The Morgan fingerprint density at radius 1 is 1.40 bits per heavy atom. The Hall–Kier alpha value is -2.94. The van der Waals surface area contributed by atoms with Gasteiger partial charge in [-0.15, -0.1) is 0 Å². The van der Waals surface area contributed by atoms with Crippen molar-refractivity contribution in [2.45, 2.75) is 44.8 Å². The fraction of sp³-hybridized carbons (Fsp3) is 0.423. The van der Waals surface area contributed by atoms with Gasteiger partial charge in [-0.05, 0) is 69.3 Å². The number of aliphatic imine (C=N–C) groups is 1. The highest BCUT2D eigenvalue weighted by atomic mass is 35.5. The highest BCUT2D eigenvalue weighted by molar-refractivity contribution is 6.34. The van der Waals surface area contributed by atoms with Gasteiger partial charge in [0.1, 0.15) is 11.3 Å². The van der Waals surface area contributed by atoms with Crippen molar-refractivity contribution >= 4 is 28.4 Å². The Labute approximate surface area is 209 Å². The lowest BCUT2D eigenvalue weighted by atomic mass is 9.61. The van der Waals surface area contributed by atoms with Crippen LogP contribution in [0.3, 0.4) is 0 Å². The standard InChI is InChI=1S/C26H31ClN6O2/c1-17(32-19-11-26(12-19)5-8-29-9-6-26)20(13-28)18-10-23(25-21(27)14-31-33(25)15-18)35-24(16-34)22-4-2-3-7-30-22/h2-4,7,10,13-15,19,24,29,34H,5-6,8-9,11-12,16,28H2,1H3/b20-13+,32-17?. The van der Waals surface area contributed by atoms with Crippen LogP contribution in [0.1, 0.15) is 50.0 Å². The van der Waals surface area contributed by atoms with Gasteiger partial charge >= 0.3 is 0 Å². The van der Waals surface area contributed by atoms with E-state index in [-0.39, 0.29) is 6.61 Å². The summed E-state index contributed by atoms with van der Waals surface area (Å²) in [5.41, 5.74) is 10.3. The van der Waals surface area contributed by atoms with Gasteiger partial charge < -0.3 is 20.9 Å². The molecular formula is C26H31ClN6O2. The molecule has 1 saturated heterocycles. The number of nitrogens with one attached hydrogen (secondary N) is 1. The van der Waals surface area contributed by atoms with Crippen LogP contribution in [0.2, 0.25) is 5.02 Å². The van der Waals surface area contributed by atoms with Gasteiger partial charge in [0.25, 0.3) is 0 Å². The highest BCUT2D eigenvalue weighted by Crippen LogP contribution is 2.49. The van der Waals surface area contributed by atoms with Gasteiger partial charge in [0, 0.05) is 35.4 Å². The van der Waals surface area contributed by atoms with Crippen LogP contribution in [0.4, 0.5) is 0 Å². The lowest BCUT2D eigenvalue weighted by Crippen LogP contribution is -2.47. The van der Waals surface area contributed by atoms with Crippen LogP contribution in [0.15, 0.2) is 54.0 Å². The van der Waals surface area contributed by atoms with Crippen molar-refractivity contribution < 1.29 is 9.84 Å². The Morgan fingerprint density at radius 3 is 2.89 bits per heavy atom. The lowest BCUT2D eigenvalue weighted by molar-refractivity contribution is 0.0645. The first-order chi connectivity index (χ1) is 17.0. The molecule has 0 bridgehead atoms. The molecule has 4 heterocycles. The molecule has 184 valence electrons. The van der Waals surface area contributed by atoms with E-state index in [1.165, 1.54) is 12.8 Å². The quantitative estimate of drug-likeness (QED) is 0.431. The topological polar surface area (TPSA) is 110 Å². The first-order valence-electron chi connectivity index (χ1n) is 12.0. The Kier molecular flexibility index (Phi) is 6.77. The summed E-state index contributed by atoms with van der Waals surface area (Å²) in [6.45, 7) is 3.97. The Morgan fingerprint density at radius 2 is 2.20 bits per heavy atom. The number of aliphatic hydroxyl groups excluding tert-OH is 1. The number of pyridine rings is 2. The van der Waals surface area contributed by atoms with Crippen LogP contribution in [0.5, 0.6) is 5.75 Å². The molecule has 5 rings (SSSR count). The average Bonchev–Trinajstić information content (AvgIpc) is 3.24. The van der Waals surface area contributed by atoms with Gasteiger partial charge in [-0.3, -0.25) is 9.98 Å². The van der Waals surface area contributed by atoms with Gasteiger partial charge in [0.15, 0.2) is 6.10 Å². The maximum atomic E-state index is 10.0. The van der Waals surface area contributed by atoms with E-state index < -0.39 is 6.10 Å². The molecule has 2 aliphatic rings. The zero-order chi connectivity index (χ0) is 24.4. The zero-order valence-corrected chi connectivity index (χ0v) is 20.6. The fourth-order valence-electron chi connectivity index (χ4n) is 5.36. The molecule has 35 heavy (non-hydrogen) atoms. The normalized spacial score (nSPS) is 19.6. The number of aliphatic hydroxyl groups is 1. The number of fused-ring (bicyclic) bond motifs is 1. The van der Waals surface area contributed by atoms with Gasteiger partial charge in [-0.25, -0.2) is 4.52 Å². The minimum atomic E-state index is -0.655. The molecule has 1 spiro atoms. The van der Waals surface area contributed by atoms with E-state index in [1.54, 1.807) is 23.1 Å². The third-order valence-corrected chi connectivity index (χ3v) is 7.51. The molecule has 1 aliphatic carbocycles. The second-order valence-corrected chi connectivity index (χ2v) is 9.94. The summed E-state index contributed by atoms with van der Waals surface area (Å²) in [5, 5.41) is 18.3. The second kappa shape index (κ2) is 9.97. The van der Waals surface area contributed by atoms with Crippen LogP contribution in [-0.4, -0.2) is 51.2 Å². The summed E-state index contributed by atoms with van der Waals surface area (Å²) in [6, 6.07) is 7.69. The van der Waals surface area contributed by atoms with E-state index in [2.05, 4.69) is 15.4 Å². The molecule has 1 saturated carbocycles. The van der Waals surface area contributed by atoms with Crippen molar-refractivity contribution in [1.82, 2.24) is 19.9 Å². The first kappa shape index (κ1) is 23.8. The lowest BCUT2D eigenvalue weighted by Gasteiger charge is -2.49. The summed E-state index contributed by atoms with van der Waals surface area (Å²) in [6.07, 6.45) is 10.8. The summed E-state index contributed by atoms with van der Waals surface area (Å²) in [7, 11) is 0. The van der Waals surface area contributed by atoms with Crippen molar-refractivity contribution in [2.24, 2.45) is 16.1 Å². The molecule has 1 unspecified atom stereocenters. The van der Waals surface area contributed by atoms with Crippen molar-refractivity contribution in [3.63, 3.8) is 0 Å². The van der Waals surface area contributed by atoms with E-state index in [4.69, 9.17) is 27.1 Å². The van der Waals surface area contributed by atoms with Crippen molar-refractivity contribution in [3.8, 4) is 5.75 Å². The number of nitrogens with zero attached hydrogens (tertiary/aromatic N) is 4. The summed E-state index contributed by atoms with van der Waals surface area (Å²) >= 11 is 6.44. The molecule has 1 atom stereocenters. The predicted octanol–water partition coefficient (Wildman–Crippen LogP) is 3.79. The van der Waals surface area contributed by atoms with Gasteiger partial charge in [0.2, 0.25) is 0 Å². The SMILES string of the molecule is CC(=NC1CC2(CCNCC2)C1)/C(=C\N)c1cc(OC(CO)c2ccccn2)c2c(Cl)cnn2c1. The molecule has 4 N–H and O–H groups in total. The number of nitrogens with two attached hydrogens (primary N) is 1. The summed E-state index contributed by atoms with van der Waals surface area (Å²) < 4.78 is 7.90. The molecular weight excluding hydrogens is 464 g/mol. The Balaban J connectivity index is 1.43. The van der Waals surface area contributed by atoms with Crippen molar-refractivity contribution in [3.05, 3.63) is 65.3 Å². The van der Waals surface area contributed by atoms with Gasteiger partial charge in [0.05, 0.1) is 29.6 Å². The molecule has 1 aliphatic heterocycles. The maximum Gasteiger partial charge on any atom is 0.163 e. The van der Waals surface area contributed by atoms with E-state index in [1.807, 2.05) is 37.4 Å². The number of allylic oxidation sites excluding steroid dienone is 1. The molecule has 8 nitrogen and oxygen atoms in total. The van der Waals surface area contributed by atoms with Crippen molar-refractivity contribution in [1.29, 1.82) is 0 Å². The van der Waals surface area contributed by atoms with Gasteiger partial charge in [-0.2, -0.15) is 5.10 Å². The van der Waals surface area contributed by atoms with E-state index in [0.29, 0.717) is 33.4 Å². The van der Waals surface area contributed by atoms with Crippen LogP contribution in [0.25, 0.3) is 11.1 Å². The van der Waals surface area contributed by atoms with E-state index in [9.17, 15) is 5.11 Å². The fourth-order valence-corrected chi connectivity index (χ4v) is 5.59. The molecule has 3 aromatic rings. The van der Waals surface area contributed by atoms with Crippen LogP contribution in [-0.2, 0) is 0 Å². The van der Waals surface area contributed by atoms with Crippen LogP contribution < -0.4 is 15.8 Å². The Bertz CT molecular complexity index is 1240. The predicted molar refractivity (Wildman–Crippen MR) is 138 cm³/mol. The van der Waals surface area contributed by atoms with Crippen molar-refractivity contribution in [2.75, 3.05) is 19.7 Å². The number of piperidine rings is 1. The first-order valence-corrected chi connectivity index (χ1v) is 12.4. The number of halogens is 1. The third kappa shape index (κ3) is 4.78. The molecule has 2 fully saturated rings. The molecule has 0 amide bonds. The monoisotopic (exact) mass is 494 g/mol. The van der Waals surface area contributed by atoms with E-state index >= 15 is 0 Å². The smallest absolute Gasteiger partial charge is 0.163 e. The molecule has 3 aromatic heterocycles. The summed E-state index contributed by atoms with van der Waals surface area (Å²) in [5.74, 6) is 0.485. The second-order valence-electron chi connectivity index (χ2n) is 9.53. The molecule has 9 heteroatoms. The minimum Gasteiger partial charge on any atom is -0.479 e. The number of hydrogen-bond donors (Lipinski definition) is 3. The van der Waals surface area contributed by atoms with E-state index in [0.717, 1.165) is 42.8 Å². The molecule has 0 radical (unpaired) electrons. The maximum absolute atomic E-state index is 10.0. The number of ether oxygens (including phenoxy) is 1. The highest BCUT2D eigenvalue weighted by Gasteiger charge is 2.44. The zero-order valence-electron chi connectivity index (χ0n) is 19.8. The summed E-state index contributed by atoms with van der Waals surface area (Å²) in [4.78, 5) is 9.35.